The number of amides is 1. The quantitative estimate of drug-likeness (QED) is 0.682. The summed E-state index contributed by atoms with van der Waals surface area (Å²) in [5.41, 5.74) is 2.27. The van der Waals surface area contributed by atoms with Crippen LogP contribution in [0.1, 0.15) is 30.5 Å². The lowest BCUT2D eigenvalue weighted by molar-refractivity contribution is -0.121. The summed E-state index contributed by atoms with van der Waals surface area (Å²) in [6.45, 7) is 1.97. The standard InChI is InChI=1S/C20H25NO3S/c1-15(17-9-10-18(23-2)19(13-17)24-3)21-20(22)11-12-25-14-16-7-5-4-6-8-16/h4-10,13,15H,11-12,14H2,1-3H3,(H,21,22)/t15-/m1/s1. The maximum Gasteiger partial charge on any atom is 0.221 e. The molecule has 0 bridgehead atoms. The summed E-state index contributed by atoms with van der Waals surface area (Å²) in [7, 11) is 3.21. The fraction of sp³-hybridized carbons (Fsp3) is 0.350. The third kappa shape index (κ3) is 6.02. The average Bonchev–Trinajstić information content (AvgIpc) is 2.65. The maximum atomic E-state index is 12.1. The molecule has 0 unspecified atom stereocenters. The summed E-state index contributed by atoms with van der Waals surface area (Å²) in [5.74, 6) is 3.14. The zero-order chi connectivity index (χ0) is 18.1. The van der Waals surface area contributed by atoms with Crippen molar-refractivity contribution in [3.05, 3.63) is 59.7 Å². The first-order valence-corrected chi connectivity index (χ1v) is 9.42. The Morgan fingerprint density at radius 1 is 1.08 bits per heavy atom. The molecule has 2 aromatic carbocycles. The van der Waals surface area contributed by atoms with Gasteiger partial charge in [0.25, 0.3) is 0 Å². The number of carbonyl (C=O) groups is 1. The van der Waals surface area contributed by atoms with E-state index in [9.17, 15) is 4.79 Å². The van der Waals surface area contributed by atoms with Gasteiger partial charge in [0.15, 0.2) is 11.5 Å². The van der Waals surface area contributed by atoms with Gasteiger partial charge in [-0.15, -0.1) is 0 Å². The van der Waals surface area contributed by atoms with Gasteiger partial charge in [-0.25, -0.2) is 0 Å². The summed E-state index contributed by atoms with van der Waals surface area (Å²) in [6.07, 6.45) is 0.509. The van der Waals surface area contributed by atoms with E-state index in [0.29, 0.717) is 17.9 Å². The number of nitrogens with one attached hydrogen (secondary N) is 1. The molecule has 0 saturated heterocycles. The van der Waals surface area contributed by atoms with Crippen molar-refractivity contribution < 1.29 is 14.3 Å². The van der Waals surface area contributed by atoms with E-state index in [0.717, 1.165) is 17.1 Å². The molecule has 2 aromatic rings. The lowest BCUT2D eigenvalue weighted by Crippen LogP contribution is -2.26. The van der Waals surface area contributed by atoms with E-state index in [4.69, 9.17) is 9.47 Å². The highest BCUT2D eigenvalue weighted by atomic mass is 32.2. The van der Waals surface area contributed by atoms with Crippen LogP contribution in [0.2, 0.25) is 0 Å². The van der Waals surface area contributed by atoms with Crippen LogP contribution in [-0.4, -0.2) is 25.9 Å². The normalized spacial score (nSPS) is 11.6. The fourth-order valence-corrected chi connectivity index (χ4v) is 3.35. The van der Waals surface area contributed by atoms with E-state index < -0.39 is 0 Å². The average molecular weight is 359 g/mol. The van der Waals surface area contributed by atoms with Crippen molar-refractivity contribution >= 4 is 17.7 Å². The van der Waals surface area contributed by atoms with Crippen molar-refractivity contribution in [2.24, 2.45) is 0 Å². The van der Waals surface area contributed by atoms with Gasteiger partial charge in [0.2, 0.25) is 5.91 Å². The molecule has 134 valence electrons. The molecule has 0 spiro atoms. The predicted molar refractivity (Wildman–Crippen MR) is 103 cm³/mol. The summed E-state index contributed by atoms with van der Waals surface area (Å²) >= 11 is 1.77. The molecular weight excluding hydrogens is 334 g/mol. The van der Waals surface area contributed by atoms with Gasteiger partial charge in [-0.1, -0.05) is 36.4 Å². The van der Waals surface area contributed by atoms with E-state index in [1.807, 2.05) is 43.3 Å². The van der Waals surface area contributed by atoms with Crippen LogP contribution >= 0.6 is 11.8 Å². The zero-order valence-electron chi connectivity index (χ0n) is 15.0. The minimum absolute atomic E-state index is 0.0582. The third-order valence-electron chi connectivity index (χ3n) is 3.87. The van der Waals surface area contributed by atoms with E-state index >= 15 is 0 Å². The summed E-state index contributed by atoms with van der Waals surface area (Å²) in [5, 5.41) is 3.03. The highest BCUT2D eigenvalue weighted by Gasteiger charge is 2.12. The maximum absolute atomic E-state index is 12.1. The molecule has 0 heterocycles. The molecule has 0 aliphatic carbocycles. The Morgan fingerprint density at radius 2 is 1.80 bits per heavy atom. The summed E-state index contributed by atoms with van der Waals surface area (Å²) in [4.78, 5) is 12.1. The summed E-state index contributed by atoms with van der Waals surface area (Å²) < 4.78 is 10.6. The van der Waals surface area contributed by atoms with Gasteiger partial charge >= 0.3 is 0 Å². The van der Waals surface area contributed by atoms with Crippen LogP contribution < -0.4 is 14.8 Å². The van der Waals surface area contributed by atoms with Crippen molar-refractivity contribution in [3.63, 3.8) is 0 Å². The van der Waals surface area contributed by atoms with Crippen molar-refractivity contribution in [2.75, 3.05) is 20.0 Å². The molecule has 0 aromatic heterocycles. The Balaban J connectivity index is 1.78. The van der Waals surface area contributed by atoms with Gasteiger partial charge in [0, 0.05) is 17.9 Å². The van der Waals surface area contributed by atoms with Gasteiger partial charge in [-0.3, -0.25) is 4.79 Å². The Kier molecular flexibility index (Phi) is 7.67. The number of thioether (sulfide) groups is 1. The second kappa shape index (κ2) is 9.99. The van der Waals surface area contributed by atoms with Gasteiger partial charge in [-0.2, -0.15) is 11.8 Å². The minimum atomic E-state index is -0.0774. The Hall–Kier alpha value is -2.14. The van der Waals surface area contributed by atoms with E-state index in [1.165, 1.54) is 5.56 Å². The highest BCUT2D eigenvalue weighted by molar-refractivity contribution is 7.98. The smallest absolute Gasteiger partial charge is 0.221 e. The topological polar surface area (TPSA) is 47.6 Å². The molecule has 1 atom stereocenters. The Labute approximate surface area is 153 Å². The zero-order valence-corrected chi connectivity index (χ0v) is 15.8. The fourth-order valence-electron chi connectivity index (χ4n) is 2.45. The Bertz CT molecular complexity index is 676. The Morgan fingerprint density at radius 3 is 2.48 bits per heavy atom. The number of benzene rings is 2. The predicted octanol–water partition coefficient (Wildman–Crippen LogP) is 4.20. The highest BCUT2D eigenvalue weighted by Crippen LogP contribution is 2.29. The largest absolute Gasteiger partial charge is 0.493 e. The molecule has 2 rings (SSSR count). The van der Waals surface area contributed by atoms with E-state index in [1.54, 1.807) is 26.0 Å². The van der Waals surface area contributed by atoms with Crippen LogP contribution in [0.3, 0.4) is 0 Å². The monoisotopic (exact) mass is 359 g/mol. The van der Waals surface area contributed by atoms with Crippen LogP contribution in [-0.2, 0) is 10.5 Å². The molecule has 5 heteroatoms. The van der Waals surface area contributed by atoms with E-state index in [2.05, 4.69) is 17.4 Å². The van der Waals surface area contributed by atoms with E-state index in [-0.39, 0.29) is 11.9 Å². The molecule has 0 radical (unpaired) electrons. The molecule has 0 saturated carbocycles. The molecule has 0 fully saturated rings. The number of carbonyl (C=O) groups excluding carboxylic acids is 1. The van der Waals surface area contributed by atoms with Crippen molar-refractivity contribution in [3.8, 4) is 11.5 Å². The van der Waals surface area contributed by atoms with Crippen LogP contribution in [0.5, 0.6) is 11.5 Å². The van der Waals surface area contributed by atoms with Gasteiger partial charge in [0.1, 0.15) is 0 Å². The molecular formula is C20H25NO3S. The molecule has 4 nitrogen and oxygen atoms in total. The van der Waals surface area contributed by atoms with Gasteiger partial charge in [-0.05, 0) is 30.2 Å². The molecule has 1 N–H and O–H groups in total. The molecule has 0 aliphatic heterocycles. The second-order valence-electron chi connectivity index (χ2n) is 5.69. The first-order valence-electron chi connectivity index (χ1n) is 8.27. The first kappa shape index (κ1) is 19.2. The number of hydrogen-bond donors (Lipinski definition) is 1. The molecule has 25 heavy (non-hydrogen) atoms. The van der Waals surface area contributed by atoms with Crippen LogP contribution in [0.4, 0.5) is 0 Å². The minimum Gasteiger partial charge on any atom is -0.493 e. The SMILES string of the molecule is COc1ccc([C@@H](C)NC(=O)CCSCc2ccccc2)cc1OC. The van der Waals surface area contributed by atoms with Crippen LogP contribution in [0, 0.1) is 0 Å². The van der Waals surface area contributed by atoms with Crippen LogP contribution in [0.15, 0.2) is 48.5 Å². The number of ether oxygens (including phenoxy) is 2. The lowest BCUT2D eigenvalue weighted by atomic mass is 10.1. The van der Waals surface area contributed by atoms with Crippen LogP contribution in [0.25, 0.3) is 0 Å². The first-order chi connectivity index (χ1) is 12.1. The van der Waals surface area contributed by atoms with Crippen molar-refractivity contribution in [1.29, 1.82) is 0 Å². The molecule has 0 aliphatic rings. The van der Waals surface area contributed by atoms with Crippen molar-refractivity contribution in [1.82, 2.24) is 5.32 Å². The molecule has 1 amide bonds. The number of methoxy groups -OCH3 is 2. The van der Waals surface area contributed by atoms with Gasteiger partial charge < -0.3 is 14.8 Å². The number of hydrogen-bond acceptors (Lipinski definition) is 4. The summed E-state index contributed by atoms with van der Waals surface area (Å²) in [6, 6.07) is 15.9. The third-order valence-corrected chi connectivity index (χ3v) is 4.90. The second-order valence-corrected chi connectivity index (χ2v) is 6.80. The van der Waals surface area contributed by atoms with Gasteiger partial charge in [0.05, 0.1) is 20.3 Å². The van der Waals surface area contributed by atoms with Crippen molar-refractivity contribution in [2.45, 2.75) is 25.1 Å². The number of rotatable bonds is 9. The lowest BCUT2D eigenvalue weighted by Gasteiger charge is -2.16.